The molecule has 0 atom stereocenters. The molecular weight excluding hydrogens is 348 g/mol. The number of aliphatic hydroxyl groups excluding tert-OH is 3. The van der Waals surface area contributed by atoms with E-state index >= 15 is 0 Å². The highest BCUT2D eigenvalue weighted by molar-refractivity contribution is 6.02. The van der Waals surface area contributed by atoms with Gasteiger partial charge in [-0.05, 0) is 55.0 Å². The van der Waals surface area contributed by atoms with Crippen LogP contribution >= 0.6 is 0 Å². The maximum absolute atomic E-state index is 11.6. The predicted molar refractivity (Wildman–Crippen MR) is 103 cm³/mol. The van der Waals surface area contributed by atoms with E-state index in [0.717, 1.165) is 28.0 Å². The second-order valence-electron chi connectivity index (χ2n) is 7.70. The number of Topliss-reactive ketones (excluding diaryl/α,β-unsaturated/α-hetero) is 2. The summed E-state index contributed by atoms with van der Waals surface area (Å²) < 4.78 is 5.36. The van der Waals surface area contributed by atoms with Crippen LogP contribution in [0.2, 0.25) is 0 Å². The molecule has 152 valence electrons. The fraction of sp³-hybridized carbons (Fsp3) is 0.619. The van der Waals surface area contributed by atoms with Gasteiger partial charge in [-0.3, -0.25) is 9.59 Å². The first-order valence-electron chi connectivity index (χ1n) is 9.13. The molecule has 0 aliphatic heterocycles. The topological polar surface area (TPSA) is 104 Å². The number of carbonyl (C=O) groups excluding carboxylic acids is 2. The first-order chi connectivity index (χ1) is 12.6. The van der Waals surface area contributed by atoms with Crippen molar-refractivity contribution >= 4 is 11.6 Å². The third kappa shape index (κ3) is 5.86. The van der Waals surface area contributed by atoms with Crippen molar-refractivity contribution in [1.82, 2.24) is 0 Å². The van der Waals surface area contributed by atoms with E-state index in [1.807, 2.05) is 26.8 Å². The highest BCUT2D eigenvalue weighted by Gasteiger charge is 2.29. The van der Waals surface area contributed by atoms with Crippen LogP contribution in [0.5, 0.6) is 5.75 Å². The van der Waals surface area contributed by atoms with Gasteiger partial charge in [-0.2, -0.15) is 0 Å². The Morgan fingerprint density at radius 2 is 1.48 bits per heavy atom. The molecule has 1 aromatic carbocycles. The molecule has 1 aliphatic carbocycles. The Morgan fingerprint density at radius 3 is 1.85 bits per heavy atom. The van der Waals surface area contributed by atoms with Crippen LogP contribution in [0.1, 0.15) is 54.4 Å². The van der Waals surface area contributed by atoms with Crippen molar-refractivity contribution in [2.75, 3.05) is 26.9 Å². The fourth-order valence-corrected chi connectivity index (χ4v) is 3.25. The number of ketones is 2. The highest BCUT2D eigenvalue weighted by Crippen LogP contribution is 2.37. The van der Waals surface area contributed by atoms with Crippen molar-refractivity contribution < 1.29 is 29.6 Å². The zero-order chi connectivity index (χ0) is 20.8. The van der Waals surface area contributed by atoms with Gasteiger partial charge in [-0.15, -0.1) is 0 Å². The third-order valence-corrected chi connectivity index (χ3v) is 5.22. The number of benzene rings is 1. The third-order valence-electron chi connectivity index (χ3n) is 5.22. The molecular formula is C21H32O6. The Balaban J connectivity index is 0.000000387. The van der Waals surface area contributed by atoms with Gasteiger partial charge in [0.05, 0.1) is 33.4 Å². The molecule has 1 aliphatic rings. The van der Waals surface area contributed by atoms with Crippen molar-refractivity contribution in [2.45, 2.75) is 52.9 Å². The average Bonchev–Trinajstić information content (AvgIpc) is 2.64. The molecule has 0 radical (unpaired) electrons. The number of aryl methyl sites for hydroxylation is 1. The lowest BCUT2D eigenvalue weighted by atomic mass is 9.78. The lowest BCUT2D eigenvalue weighted by Gasteiger charge is -2.25. The summed E-state index contributed by atoms with van der Waals surface area (Å²) in [6.07, 6.45) is 1.09. The Morgan fingerprint density at radius 1 is 1.00 bits per heavy atom. The molecule has 3 N–H and O–H groups in total. The summed E-state index contributed by atoms with van der Waals surface area (Å²) in [5.74, 6) is 1.03. The minimum Gasteiger partial charge on any atom is -0.496 e. The van der Waals surface area contributed by atoms with Gasteiger partial charge in [-0.1, -0.05) is 6.92 Å². The summed E-state index contributed by atoms with van der Waals surface area (Å²) in [4.78, 5) is 23.3. The molecule has 1 fully saturated rings. The van der Waals surface area contributed by atoms with Gasteiger partial charge < -0.3 is 20.1 Å². The molecule has 0 spiro atoms. The van der Waals surface area contributed by atoms with E-state index in [-0.39, 0.29) is 43.7 Å². The lowest BCUT2D eigenvalue weighted by Crippen LogP contribution is -2.29. The number of rotatable bonds is 5. The second kappa shape index (κ2) is 9.97. The summed E-state index contributed by atoms with van der Waals surface area (Å²) in [6.45, 7) is 7.15. The van der Waals surface area contributed by atoms with Gasteiger partial charge in [0.2, 0.25) is 0 Å². The zero-order valence-electron chi connectivity index (χ0n) is 17.0. The van der Waals surface area contributed by atoms with Crippen LogP contribution in [-0.4, -0.2) is 53.8 Å². The van der Waals surface area contributed by atoms with Gasteiger partial charge in [0.1, 0.15) is 17.3 Å². The number of carbonyl (C=O) groups is 2. The van der Waals surface area contributed by atoms with E-state index < -0.39 is 5.41 Å². The maximum Gasteiger partial charge on any atom is 0.140 e. The van der Waals surface area contributed by atoms with Crippen molar-refractivity contribution in [3.63, 3.8) is 0 Å². The molecule has 0 heterocycles. The van der Waals surface area contributed by atoms with Crippen LogP contribution in [0.4, 0.5) is 0 Å². The normalized spacial score (nSPS) is 15.4. The Bertz CT molecular complexity index is 651. The minimum absolute atomic E-state index is 0.0401. The number of methoxy groups -OCH3 is 1. The van der Waals surface area contributed by atoms with Crippen molar-refractivity contribution in [2.24, 2.45) is 5.41 Å². The molecule has 1 aromatic rings. The highest BCUT2D eigenvalue weighted by atomic mass is 16.5. The Kier molecular flexibility index (Phi) is 8.59. The number of hydrogen-bond acceptors (Lipinski definition) is 6. The van der Waals surface area contributed by atoms with E-state index in [2.05, 4.69) is 0 Å². The van der Waals surface area contributed by atoms with Gasteiger partial charge in [0.25, 0.3) is 0 Å². The minimum atomic E-state index is -0.708. The molecule has 6 nitrogen and oxygen atoms in total. The molecule has 0 amide bonds. The number of aliphatic hydroxyl groups is 3. The number of hydrogen-bond donors (Lipinski definition) is 3. The molecule has 27 heavy (non-hydrogen) atoms. The van der Waals surface area contributed by atoms with E-state index in [1.54, 1.807) is 14.0 Å². The van der Waals surface area contributed by atoms with E-state index in [0.29, 0.717) is 12.8 Å². The lowest BCUT2D eigenvalue weighted by molar-refractivity contribution is -0.130. The summed E-state index contributed by atoms with van der Waals surface area (Å²) >= 11 is 0. The standard InChI is InChI=1S/C16H20O3.C5H12O3/c1-9-5-15(19-4)10(2)11(3)16(9)12-6-13(17)8-14(18)7-12;1-5(2-6,3-7)4-8/h5,12H,6-8H2,1-4H3;6-8H,2-4H2,1H3. The molecule has 1 saturated carbocycles. The molecule has 0 bridgehead atoms. The summed E-state index contributed by atoms with van der Waals surface area (Å²) in [7, 11) is 1.66. The first-order valence-corrected chi connectivity index (χ1v) is 9.13. The van der Waals surface area contributed by atoms with Gasteiger partial charge in [0.15, 0.2) is 0 Å². The Labute approximate surface area is 161 Å². The molecule has 0 unspecified atom stereocenters. The Hall–Kier alpha value is -1.76. The average molecular weight is 380 g/mol. The van der Waals surface area contributed by atoms with Crippen molar-refractivity contribution in [3.05, 3.63) is 28.3 Å². The molecule has 0 saturated heterocycles. The molecule has 6 heteroatoms. The monoisotopic (exact) mass is 380 g/mol. The molecule has 0 aromatic heterocycles. The van der Waals surface area contributed by atoms with Crippen LogP contribution in [-0.2, 0) is 9.59 Å². The quantitative estimate of drug-likeness (QED) is 0.675. The van der Waals surface area contributed by atoms with Crippen molar-refractivity contribution in [3.8, 4) is 5.75 Å². The van der Waals surface area contributed by atoms with E-state index in [4.69, 9.17) is 20.1 Å². The molecule has 2 rings (SSSR count). The summed E-state index contributed by atoms with van der Waals surface area (Å²) in [5.41, 5.74) is 3.78. The summed E-state index contributed by atoms with van der Waals surface area (Å²) in [6, 6.07) is 2.00. The second-order valence-corrected chi connectivity index (χ2v) is 7.70. The van der Waals surface area contributed by atoms with E-state index in [9.17, 15) is 9.59 Å². The largest absolute Gasteiger partial charge is 0.496 e. The smallest absolute Gasteiger partial charge is 0.140 e. The number of ether oxygens (including phenoxy) is 1. The van der Waals surface area contributed by atoms with Gasteiger partial charge >= 0.3 is 0 Å². The van der Waals surface area contributed by atoms with Crippen molar-refractivity contribution in [1.29, 1.82) is 0 Å². The van der Waals surface area contributed by atoms with Crippen LogP contribution in [0, 0.1) is 26.2 Å². The predicted octanol–water partition coefficient (Wildman–Crippen LogP) is 2.00. The van der Waals surface area contributed by atoms with Crippen LogP contribution in [0.3, 0.4) is 0 Å². The van der Waals surface area contributed by atoms with Gasteiger partial charge in [0, 0.05) is 18.3 Å². The van der Waals surface area contributed by atoms with Crippen LogP contribution < -0.4 is 4.74 Å². The van der Waals surface area contributed by atoms with Gasteiger partial charge in [-0.25, -0.2) is 0 Å². The zero-order valence-corrected chi connectivity index (χ0v) is 17.0. The van der Waals surface area contributed by atoms with E-state index in [1.165, 1.54) is 0 Å². The summed E-state index contributed by atoms with van der Waals surface area (Å²) in [5, 5.41) is 25.4. The first kappa shape index (κ1) is 23.3. The fourth-order valence-electron chi connectivity index (χ4n) is 3.25. The maximum atomic E-state index is 11.6. The SMILES string of the molecule is CC(CO)(CO)CO.COc1cc(C)c(C2CC(=O)CC(=O)C2)c(C)c1C. The van der Waals surface area contributed by atoms with Crippen LogP contribution in [0.15, 0.2) is 6.07 Å². The van der Waals surface area contributed by atoms with Crippen LogP contribution in [0.25, 0.3) is 0 Å².